The highest BCUT2D eigenvalue weighted by atomic mass is 127. The van der Waals surface area contributed by atoms with Gasteiger partial charge in [0.1, 0.15) is 9.53 Å². The molecule has 2 bridgehead atoms. The van der Waals surface area contributed by atoms with Crippen molar-refractivity contribution >= 4 is 22.6 Å². The first-order valence-electron chi connectivity index (χ1n) is 4.98. The molecule has 0 atom stereocenters. The van der Waals surface area contributed by atoms with Gasteiger partial charge in [-0.05, 0) is 47.8 Å². The molecule has 3 aliphatic carbocycles. The molecule has 2 nitrogen and oxygen atoms in total. The van der Waals surface area contributed by atoms with Crippen molar-refractivity contribution < 1.29 is 0 Å². The third-order valence-corrected chi connectivity index (χ3v) is 4.10. The summed E-state index contributed by atoms with van der Waals surface area (Å²) in [7, 11) is 0. The van der Waals surface area contributed by atoms with E-state index in [1.165, 1.54) is 25.1 Å². The van der Waals surface area contributed by atoms with E-state index in [2.05, 4.69) is 45.3 Å². The Bertz CT molecular complexity index is 339. The van der Waals surface area contributed by atoms with Gasteiger partial charge in [0, 0.05) is 18.2 Å². The third kappa shape index (κ3) is 0.966. The molecule has 0 saturated heterocycles. The predicted octanol–water partition coefficient (Wildman–Crippen LogP) is 2.56. The number of rotatable bonds is 2. The SMILES string of the molecule is CCc1nc(I)cn1C12CC(C1)C2. The van der Waals surface area contributed by atoms with Crippen LogP contribution in [0, 0.1) is 9.62 Å². The zero-order valence-electron chi connectivity index (χ0n) is 7.76. The van der Waals surface area contributed by atoms with E-state index < -0.39 is 0 Å². The summed E-state index contributed by atoms with van der Waals surface area (Å²) in [6.07, 6.45) is 7.52. The standard InChI is InChI=1S/C10H13IN2/c1-2-9-12-8(11)6-13(9)10-3-7(4-10)5-10/h6-7H,2-5H2,1H3. The molecule has 1 heterocycles. The van der Waals surface area contributed by atoms with Gasteiger partial charge in [-0.3, -0.25) is 0 Å². The lowest BCUT2D eigenvalue weighted by molar-refractivity contribution is -0.0907. The molecule has 0 radical (unpaired) electrons. The monoisotopic (exact) mass is 288 g/mol. The van der Waals surface area contributed by atoms with E-state index in [-0.39, 0.29) is 0 Å². The highest BCUT2D eigenvalue weighted by Crippen LogP contribution is 2.62. The fourth-order valence-electron chi connectivity index (χ4n) is 2.77. The number of nitrogens with zero attached hydrogens (tertiary/aromatic N) is 2. The van der Waals surface area contributed by atoms with Crippen LogP contribution in [0.5, 0.6) is 0 Å². The van der Waals surface area contributed by atoms with Crippen LogP contribution in [0.4, 0.5) is 0 Å². The van der Waals surface area contributed by atoms with Crippen LogP contribution in [0.25, 0.3) is 0 Å². The van der Waals surface area contributed by atoms with Gasteiger partial charge >= 0.3 is 0 Å². The van der Waals surface area contributed by atoms with Crippen LogP contribution in [0.3, 0.4) is 0 Å². The average molecular weight is 288 g/mol. The maximum absolute atomic E-state index is 4.55. The molecular formula is C10H13IN2. The highest BCUT2D eigenvalue weighted by Gasteiger charge is 2.58. The lowest BCUT2D eigenvalue weighted by atomic mass is 9.49. The largest absolute Gasteiger partial charge is 0.328 e. The van der Waals surface area contributed by atoms with Gasteiger partial charge in [-0.1, -0.05) is 6.92 Å². The van der Waals surface area contributed by atoms with E-state index in [1.807, 2.05) is 0 Å². The fourth-order valence-corrected chi connectivity index (χ4v) is 3.33. The summed E-state index contributed by atoms with van der Waals surface area (Å²) in [4.78, 5) is 4.55. The topological polar surface area (TPSA) is 17.8 Å². The normalized spacial score (nSPS) is 35.4. The Morgan fingerprint density at radius 3 is 2.77 bits per heavy atom. The molecule has 0 spiro atoms. The summed E-state index contributed by atoms with van der Waals surface area (Å²) in [6, 6.07) is 0. The van der Waals surface area contributed by atoms with Crippen molar-refractivity contribution in [2.24, 2.45) is 5.92 Å². The summed E-state index contributed by atoms with van der Waals surface area (Å²) in [5.74, 6) is 2.33. The van der Waals surface area contributed by atoms with Crippen LogP contribution < -0.4 is 0 Å². The molecule has 1 aromatic heterocycles. The third-order valence-electron chi connectivity index (χ3n) is 3.58. The zero-order chi connectivity index (χ0) is 9.05. The van der Waals surface area contributed by atoms with Gasteiger partial charge in [0.15, 0.2) is 0 Å². The van der Waals surface area contributed by atoms with E-state index >= 15 is 0 Å². The molecule has 0 unspecified atom stereocenters. The second-order valence-electron chi connectivity index (χ2n) is 4.41. The van der Waals surface area contributed by atoms with Crippen LogP contribution in [-0.2, 0) is 12.0 Å². The second kappa shape index (κ2) is 2.49. The molecule has 0 aliphatic heterocycles. The molecule has 0 aromatic carbocycles. The lowest BCUT2D eigenvalue weighted by Gasteiger charge is -2.62. The van der Waals surface area contributed by atoms with Gasteiger partial charge in [-0.15, -0.1) is 0 Å². The number of aryl methyl sites for hydroxylation is 1. The van der Waals surface area contributed by atoms with Crippen molar-refractivity contribution in [1.82, 2.24) is 9.55 Å². The maximum atomic E-state index is 4.55. The van der Waals surface area contributed by atoms with Crippen LogP contribution in [0.2, 0.25) is 0 Å². The number of hydrogen-bond acceptors (Lipinski definition) is 1. The minimum atomic E-state index is 0.520. The van der Waals surface area contributed by atoms with E-state index in [0.717, 1.165) is 16.0 Å². The van der Waals surface area contributed by atoms with Crippen molar-refractivity contribution in [2.75, 3.05) is 0 Å². The second-order valence-corrected chi connectivity index (χ2v) is 5.51. The molecule has 3 aliphatic rings. The Labute approximate surface area is 91.9 Å². The Morgan fingerprint density at radius 1 is 1.62 bits per heavy atom. The summed E-state index contributed by atoms with van der Waals surface area (Å²) >= 11 is 2.32. The first kappa shape index (κ1) is 8.26. The summed E-state index contributed by atoms with van der Waals surface area (Å²) < 4.78 is 3.61. The molecule has 13 heavy (non-hydrogen) atoms. The van der Waals surface area contributed by atoms with Gasteiger partial charge < -0.3 is 4.57 Å². The Kier molecular flexibility index (Phi) is 1.59. The zero-order valence-corrected chi connectivity index (χ0v) is 9.91. The summed E-state index contributed by atoms with van der Waals surface area (Å²) in [5, 5.41) is 0. The molecule has 0 N–H and O–H groups in total. The molecule has 3 fully saturated rings. The molecular weight excluding hydrogens is 275 g/mol. The van der Waals surface area contributed by atoms with Crippen LogP contribution in [0.15, 0.2) is 6.20 Å². The molecule has 0 amide bonds. The van der Waals surface area contributed by atoms with E-state index in [1.54, 1.807) is 0 Å². The fraction of sp³-hybridized carbons (Fsp3) is 0.700. The van der Waals surface area contributed by atoms with Crippen molar-refractivity contribution in [1.29, 1.82) is 0 Å². The van der Waals surface area contributed by atoms with Gasteiger partial charge in [-0.25, -0.2) is 4.98 Å². The quantitative estimate of drug-likeness (QED) is 0.765. The highest BCUT2D eigenvalue weighted by molar-refractivity contribution is 14.1. The first-order chi connectivity index (χ1) is 6.23. The summed E-state index contributed by atoms with van der Waals surface area (Å²) in [5.41, 5.74) is 0.520. The number of hydrogen-bond donors (Lipinski definition) is 0. The average Bonchev–Trinajstić information content (AvgIpc) is 2.25. The first-order valence-corrected chi connectivity index (χ1v) is 6.06. The molecule has 3 saturated carbocycles. The Morgan fingerprint density at radius 2 is 2.31 bits per heavy atom. The number of aromatic nitrogens is 2. The molecule has 4 rings (SSSR count). The van der Waals surface area contributed by atoms with E-state index in [0.29, 0.717) is 5.54 Å². The number of halogens is 1. The Balaban J connectivity index is 2.02. The molecule has 70 valence electrons. The van der Waals surface area contributed by atoms with E-state index in [4.69, 9.17) is 0 Å². The van der Waals surface area contributed by atoms with E-state index in [9.17, 15) is 0 Å². The van der Waals surface area contributed by atoms with Crippen molar-refractivity contribution in [3.63, 3.8) is 0 Å². The molecule has 3 heteroatoms. The van der Waals surface area contributed by atoms with Crippen molar-refractivity contribution in [2.45, 2.75) is 38.1 Å². The summed E-state index contributed by atoms with van der Waals surface area (Å²) in [6.45, 7) is 2.19. The van der Waals surface area contributed by atoms with Gasteiger partial charge in [-0.2, -0.15) is 0 Å². The maximum Gasteiger partial charge on any atom is 0.119 e. The van der Waals surface area contributed by atoms with Gasteiger partial charge in [0.25, 0.3) is 0 Å². The van der Waals surface area contributed by atoms with Crippen molar-refractivity contribution in [3.05, 3.63) is 15.7 Å². The van der Waals surface area contributed by atoms with Crippen LogP contribution >= 0.6 is 22.6 Å². The Hall–Kier alpha value is -0.0600. The van der Waals surface area contributed by atoms with Gasteiger partial charge in [0.05, 0.1) is 0 Å². The van der Waals surface area contributed by atoms with Crippen molar-refractivity contribution in [3.8, 4) is 0 Å². The predicted molar refractivity (Wildman–Crippen MR) is 59.6 cm³/mol. The van der Waals surface area contributed by atoms with Gasteiger partial charge in [0.2, 0.25) is 0 Å². The lowest BCUT2D eigenvalue weighted by Crippen LogP contribution is -2.59. The molecule has 1 aromatic rings. The minimum absolute atomic E-state index is 0.520. The van der Waals surface area contributed by atoms with Crippen LogP contribution in [-0.4, -0.2) is 9.55 Å². The number of imidazole rings is 1. The van der Waals surface area contributed by atoms with Crippen LogP contribution in [0.1, 0.15) is 32.0 Å². The minimum Gasteiger partial charge on any atom is -0.328 e. The smallest absolute Gasteiger partial charge is 0.119 e.